The molecule has 3 heterocycles. The lowest BCUT2D eigenvalue weighted by atomic mass is 10.0. The van der Waals surface area contributed by atoms with E-state index in [0.717, 1.165) is 4.90 Å². The predicted octanol–water partition coefficient (Wildman–Crippen LogP) is 1.10. The van der Waals surface area contributed by atoms with Crippen LogP contribution >= 0.6 is 0 Å². The number of aromatic nitrogens is 1. The molecule has 0 radical (unpaired) electrons. The maximum atomic E-state index is 13.0. The summed E-state index contributed by atoms with van der Waals surface area (Å²) in [7, 11) is 0. The van der Waals surface area contributed by atoms with Crippen LogP contribution in [-0.4, -0.2) is 63.7 Å². The van der Waals surface area contributed by atoms with E-state index in [1.54, 1.807) is 24.3 Å². The Labute approximate surface area is 188 Å². The van der Waals surface area contributed by atoms with Gasteiger partial charge in [-0.3, -0.25) is 29.4 Å². The fourth-order valence-corrected chi connectivity index (χ4v) is 3.82. The van der Waals surface area contributed by atoms with Gasteiger partial charge in [0.25, 0.3) is 11.8 Å². The molecular weight excluding hydrogens is 430 g/mol. The third-order valence-corrected chi connectivity index (χ3v) is 5.45. The van der Waals surface area contributed by atoms with E-state index in [0.29, 0.717) is 31.0 Å². The van der Waals surface area contributed by atoms with Crippen molar-refractivity contribution in [2.45, 2.75) is 25.3 Å². The number of carboxylic acid groups (broad SMARTS) is 1. The molecule has 4 rings (SSSR count). The summed E-state index contributed by atoms with van der Waals surface area (Å²) in [5, 5.41) is 17.3. The molecule has 4 N–H and O–H groups in total. The summed E-state index contributed by atoms with van der Waals surface area (Å²) in [6.07, 6.45) is 2.08. The highest BCUT2D eigenvalue weighted by Crippen LogP contribution is 2.32. The number of carboxylic acids is 1. The van der Waals surface area contributed by atoms with Crippen LogP contribution in [0.5, 0.6) is 0 Å². The number of carbonyl (C=O) groups is 5. The lowest BCUT2D eigenvalue weighted by Crippen LogP contribution is -2.54. The normalized spacial score (nSPS) is 17.6. The highest BCUT2D eigenvalue weighted by Gasteiger charge is 2.45. The van der Waals surface area contributed by atoms with Crippen LogP contribution in [0.4, 0.5) is 11.5 Å². The van der Waals surface area contributed by atoms with Crippen molar-refractivity contribution in [3.8, 4) is 0 Å². The largest absolute Gasteiger partial charge is 0.478 e. The highest BCUT2D eigenvalue weighted by molar-refractivity contribution is 6.25. The van der Waals surface area contributed by atoms with E-state index in [1.165, 1.54) is 12.3 Å². The Morgan fingerprint density at radius 3 is 2.58 bits per heavy atom. The van der Waals surface area contributed by atoms with Crippen LogP contribution in [0.1, 0.15) is 50.3 Å². The zero-order valence-corrected chi connectivity index (χ0v) is 17.5. The molecule has 0 spiro atoms. The smallest absolute Gasteiger partial charge is 0.337 e. The molecule has 1 aromatic carbocycles. The summed E-state index contributed by atoms with van der Waals surface area (Å²) in [5.41, 5.74) is 1.02. The Kier molecular flexibility index (Phi) is 6.03. The number of nitrogens with zero attached hydrogens (tertiary/aromatic N) is 2. The minimum absolute atomic E-state index is 0.0653. The fraction of sp³-hybridized carbons (Fsp3) is 0.273. The Morgan fingerprint density at radius 1 is 1.09 bits per heavy atom. The second kappa shape index (κ2) is 9.07. The summed E-state index contributed by atoms with van der Waals surface area (Å²) < 4.78 is 0. The third kappa shape index (κ3) is 4.38. The molecule has 170 valence electrons. The van der Waals surface area contributed by atoms with E-state index in [2.05, 4.69) is 20.9 Å². The molecule has 0 aliphatic carbocycles. The number of anilines is 2. The number of nitrogens with one attached hydrogen (secondary N) is 3. The highest BCUT2D eigenvalue weighted by atomic mass is 16.4. The SMILES string of the molecule is O=C1CCC(N2C(=O)c3cccc(NCCCNc4ccc(C(=O)O)cn4)c3C2=O)C(=O)N1. The van der Waals surface area contributed by atoms with Crippen LogP contribution in [0.2, 0.25) is 0 Å². The molecule has 33 heavy (non-hydrogen) atoms. The first-order chi connectivity index (χ1) is 15.9. The lowest BCUT2D eigenvalue weighted by Gasteiger charge is -2.27. The number of piperidine rings is 1. The van der Waals surface area contributed by atoms with Gasteiger partial charge in [-0.05, 0) is 37.1 Å². The van der Waals surface area contributed by atoms with Gasteiger partial charge in [-0.25, -0.2) is 9.78 Å². The molecule has 2 aliphatic rings. The first-order valence-corrected chi connectivity index (χ1v) is 10.4. The van der Waals surface area contributed by atoms with E-state index in [-0.39, 0.29) is 29.5 Å². The van der Waals surface area contributed by atoms with Gasteiger partial charge in [0.2, 0.25) is 11.8 Å². The molecular formula is C22H21N5O6. The van der Waals surface area contributed by atoms with Crippen molar-refractivity contribution in [3.63, 3.8) is 0 Å². The van der Waals surface area contributed by atoms with Crippen molar-refractivity contribution in [2.24, 2.45) is 0 Å². The average molecular weight is 451 g/mol. The summed E-state index contributed by atoms with van der Waals surface area (Å²) in [6, 6.07) is 6.92. The summed E-state index contributed by atoms with van der Waals surface area (Å²) in [5.74, 6) is -2.68. The first kappa shape index (κ1) is 21.9. The maximum absolute atomic E-state index is 13.0. The number of amides is 4. The number of fused-ring (bicyclic) bond motifs is 1. The standard InChI is InChI=1S/C22H21N5O6/c28-17-8-6-15(19(29)26-17)27-20(30)13-3-1-4-14(18(13)21(27)31)23-9-2-10-24-16-7-5-12(11-25-16)22(32)33/h1,3-5,7,11,15,23H,2,6,8-10H2,(H,24,25)(H,32,33)(H,26,28,29). The molecule has 1 aromatic heterocycles. The van der Waals surface area contributed by atoms with Gasteiger partial charge in [-0.1, -0.05) is 6.07 Å². The van der Waals surface area contributed by atoms with Crippen LogP contribution in [-0.2, 0) is 9.59 Å². The zero-order chi connectivity index (χ0) is 23.5. The minimum atomic E-state index is -1.04. The Morgan fingerprint density at radius 2 is 1.88 bits per heavy atom. The molecule has 11 nitrogen and oxygen atoms in total. The minimum Gasteiger partial charge on any atom is -0.478 e. The number of rotatable bonds is 8. The van der Waals surface area contributed by atoms with Gasteiger partial charge in [0, 0.05) is 31.4 Å². The van der Waals surface area contributed by atoms with Crippen LogP contribution in [0.15, 0.2) is 36.5 Å². The van der Waals surface area contributed by atoms with Crippen LogP contribution < -0.4 is 16.0 Å². The lowest BCUT2D eigenvalue weighted by molar-refractivity contribution is -0.136. The average Bonchev–Trinajstić information content (AvgIpc) is 3.05. The number of benzene rings is 1. The molecule has 1 atom stereocenters. The van der Waals surface area contributed by atoms with Gasteiger partial charge in [-0.2, -0.15) is 0 Å². The van der Waals surface area contributed by atoms with Crippen molar-refractivity contribution in [1.29, 1.82) is 0 Å². The van der Waals surface area contributed by atoms with Gasteiger partial charge in [0.15, 0.2) is 0 Å². The van der Waals surface area contributed by atoms with Gasteiger partial charge < -0.3 is 15.7 Å². The molecule has 1 saturated heterocycles. The van der Waals surface area contributed by atoms with Gasteiger partial charge in [0.1, 0.15) is 11.9 Å². The summed E-state index contributed by atoms with van der Waals surface area (Å²) in [4.78, 5) is 65.3. The molecule has 2 aromatic rings. The Bertz CT molecular complexity index is 1150. The van der Waals surface area contributed by atoms with Crippen LogP contribution in [0.25, 0.3) is 0 Å². The molecule has 1 unspecified atom stereocenters. The van der Waals surface area contributed by atoms with Gasteiger partial charge in [0.05, 0.1) is 16.7 Å². The summed E-state index contributed by atoms with van der Waals surface area (Å²) in [6.45, 7) is 1.02. The van der Waals surface area contributed by atoms with E-state index < -0.39 is 35.6 Å². The first-order valence-electron chi connectivity index (χ1n) is 10.4. The van der Waals surface area contributed by atoms with E-state index in [9.17, 15) is 24.0 Å². The van der Waals surface area contributed by atoms with Gasteiger partial charge in [-0.15, -0.1) is 0 Å². The van der Waals surface area contributed by atoms with Crippen LogP contribution in [0, 0.1) is 0 Å². The molecule has 4 amide bonds. The zero-order valence-electron chi connectivity index (χ0n) is 17.5. The topological polar surface area (TPSA) is 158 Å². The van der Waals surface area contributed by atoms with Crippen LogP contribution in [0.3, 0.4) is 0 Å². The quantitative estimate of drug-likeness (QED) is 0.341. The monoisotopic (exact) mass is 451 g/mol. The third-order valence-electron chi connectivity index (χ3n) is 5.45. The van der Waals surface area contributed by atoms with E-state index >= 15 is 0 Å². The van der Waals surface area contributed by atoms with Crippen molar-refractivity contribution < 1.29 is 29.1 Å². The van der Waals surface area contributed by atoms with Crippen molar-refractivity contribution in [2.75, 3.05) is 23.7 Å². The molecule has 0 bridgehead atoms. The van der Waals surface area contributed by atoms with Gasteiger partial charge >= 0.3 is 5.97 Å². The Balaban J connectivity index is 1.36. The van der Waals surface area contributed by atoms with Crippen molar-refractivity contribution in [1.82, 2.24) is 15.2 Å². The van der Waals surface area contributed by atoms with E-state index in [4.69, 9.17) is 5.11 Å². The number of carbonyl (C=O) groups excluding carboxylic acids is 4. The fourth-order valence-electron chi connectivity index (χ4n) is 3.82. The number of imide groups is 2. The number of aromatic carboxylic acids is 1. The molecule has 1 fully saturated rings. The van der Waals surface area contributed by atoms with E-state index in [1.807, 2.05) is 0 Å². The van der Waals surface area contributed by atoms with Crippen molar-refractivity contribution in [3.05, 3.63) is 53.2 Å². The molecule has 2 aliphatic heterocycles. The number of hydrogen-bond donors (Lipinski definition) is 4. The second-order valence-corrected chi connectivity index (χ2v) is 7.62. The maximum Gasteiger partial charge on any atom is 0.337 e. The predicted molar refractivity (Wildman–Crippen MR) is 116 cm³/mol. The second-order valence-electron chi connectivity index (χ2n) is 7.62. The Hall–Kier alpha value is -4.28. The van der Waals surface area contributed by atoms with Crippen molar-refractivity contribution >= 4 is 41.1 Å². The summed E-state index contributed by atoms with van der Waals surface area (Å²) >= 11 is 0. The molecule has 11 heteroatoms. The molecule has 0 saturated carbocycles. The number of hydrogen-bond acceptors (Lipinski definition) is 8. The number of pyridine rings is 1.